The molecule has 1 aliphatic heterocycles. The maximum absolute atomic E-state index is 10.8. The summed E-state index contributed by atoms with van der Waals surface area (Å²) in [6.07, 6.45) is 1.59. The molecule has 3 atom stereocenters. The zero-order chi connectivity index (χ0) is 9.47. The summed E-state index contributed by atoms with van der Waals surface area (Å²) < 4.78 is 0. The van der Waals surface area contributed by atoms with Crippen molar-refractivity contribution in [1.82, 2.24) is 5.32 Å². The average molecular weight is 187 g/mol. The van der Waals surface area contributed by atoms with E-state index in [9.17, 15) is 9.90 Å². The van der Waals surface area contributed by atoms with Crippen molar-refractivity contribution >= 4 is 5.91 Å². The molecule has 0 spiro atoms. The van der Waals surface area contributed by atoms with Crippen LogP contribution in [0.5, 0.6) is 0 Å². The van der Waals surface area contributed by atoms with Crippen LogP contribution in [0.15, 0.2) is 0 Å². The minimum absolute atomic E-state index is 0.0457. The summed E-state index contributed by atoms with van der Waals surface area (Å²) in [6, 6.07) is 0.103. The molecule has 2 rings (SSSR count). The summed E-state index contributed by atoms with van der Waals surface area (Å²) in [7, 11) is 0. The second-order valence-corrected chi connectivity index (χ2v) is 3.68. The first-order valence-corrected chi connectivity index (χ1v) is 4.44. The number of amides is 1. The molecule has 3 unspecified atom stereocenters. The van der Waals surface area contributed by atoms with Gasteiger partial charge in [0.2, 0.25) is 11.7 Å². The van der Waals surface area contributed by atoms with Crippen LogP contribution < -0.4 is 5.32 Å². The lowest BCUT2D eigenvalue weighted by atomic mass is 9.86. The van der Waals surface area contributed by atoms with E-state index < -0.39 is 5.79 Å². The molecule has 5 heteroatoms. The van der Waals surface area contributed by atoms with Crippen molar-refractivity contribution in [1.29, 1.82) is 0 Å². The highest BCUT2D eigenvalue weighted by molar-refractivity contribution is 5.73. The fourth-order valence-electron chi connectivity index (χ4n) is 1.83. The van der Waals surface area contributed by atoms with Gasteiger partial charge in [0.1, 0.15) is 0 Å². The van der Waals surface area contributed by atoms with Crippen LogP contribution in [0, 0.1) is 0 Å². The van der Waals surface area contributed by atoms with Gasteiger partial charge in [0, 0.05) is 25.8 Å². The van der Waals surface area contributed by atoms with E-state index >= 15 is 0 Å². The first kappa shape index (κ1) is 8.93. The van der Waals surface area contributed by atoms with Crippen molar-refractivity contribution in [3.63, 3.8) is 0 Å². The van der Waals surface area contributed by atoms with Crippen molar-refractivity contribution in [2.75, 3.05) is 0 Å². The van der Waals surface area contributed by atoms with Gasteiger partial charge < -0.3 is 10.4 Å². The quantitative estimate of drug-likeness (QED) is 0.553. The molecule has 74 valence electrons. The fraction of sp³-hybridized carbons (Fsp3) is 0.875. The van der Waals surface area contributed by atoms with E-state index in [2.05, 4.69) is 10.2 Å². The van der Waals surface area contributed by atoms with E-state index in [4.69, 9.17) is 4.89 Å². The average Bonchev–Trinajstić information content (AvgIpc) is 2.04. The third kappa shape index (κ3) is 1.54. The van der Waals surface area contributed by atoms with Gasteiger partial charge in [-0.2, -0.15) is 4.89 Å². The lowest BCUT2D eigenvalue weighted by molar-refractivity contribution is -0.572. The number of hydrogen-bond acceptors (Lipinski definition) is 4. The number of aliphatic hydroxyl groups is 1. The van der Waals surface area contributed by atoms with Gasteiger partial charge in [-0.25, -0.2) is 4.89 Å². The third-order valence-corrected chi connectivity index (χ3v) is 2.57. The number of carbonyl (C=O) groups excluding carboxylic acids is 1. The van der Waals surface area contributed by atoms with Crippen LogP contribution in [0.4, 0.5) is 0 Å². The van der Waals surface area contributed by atoms with Crippen LogP contribution in [0.2, 0.25) is 0 Å². The maximum Gasteiger partial charge on any atom is 0.229 e. The van der Waals surface area contributed by atoms with Gasteiger partial charge >= 0.3 is 0 Å². The number of hydrogen-bond donors (Lipinski definition) is 2. The molecule has 0 aromatic heterocycles. The molecule has 1 saturated heterocycles. The molecule has 5 nitrogen and oxygen atoms in total. The van der Waals surface area contributed by atoms with Crippen molar-refractivity contribution in [2.24, 2.45) is 0 Å². The highest BCUT2D eigenvalue weighted by Gasteiger charge is 2.53. The Labute approximate surface area is 75.9 Å². The molecule has 13 heavy (non-hydrogen) atoms. The molecule has 1 saturated carbocycles. The van der Waals surface area contributed by atoms with E-state index in [0.29, 0.717) is 12.8 Å². The van der Waals surface area contributed by atoms with Crippen LogP contribution in [0.3, 0.4) is 0 Å². The fourth-order valence-corrected chi connectivity index (χ4v) is 1.83. The summed E-state index contributed by atoms with van der Waals surface area (Å²) in [6.45, 7) is 1.49. The molecule has 1 heterocycles. The normalized spacial score (nSPS) is 43.2. The third-order valence-electron chi connectivity index (χ3n) is 2.57. The Morgan fingerprint density at radius 2 is 2.46 bits per heavy atom. The van der Waals surface area contributed by atoms with E-state index in [1.165, 1.54) is 6.92 Å². The number of nitrogens with one attached hydrogen (secondary N) is 1. The zero-order valence-electron chi connectivity index (χ0n) is 7.45. The molecule has 0 aromatic carbocycles. The minimum Gasteiger partial charge on any atom is -0.361 e. The molecule has 2 fully saturated rings. The highest BCUT2D eigenvalue weighted by Crippen LogP contribution is 2.39. The van der Waals surface area contributed by atoms with Gasteiger partial charge in [-0.15, -0.1) is 0 Å². The van der Waals surface area contributed by atoms with E-state index in [-0.39, 0.29) is 18.1 Å². The van der Waals surface area contributed by atoms with E-state index in [1.54, 1.807) is 0 Å². The molecular weight excluding hydrogens is 174 g/mol. The molecule has 0 aromatic rings. The Hall–Kier alpha value is -0.650. The number of carbonyl (C=O) groups is 1. The molecule has 1 amide bonds. The minimum atomic E-state index is -1.09. The van der Waals surface area contributed by atoms with E-state index in [0.717, 1.165) is 6.42 Å². The summed E-state index contributed by atoms with van der Waals surface area (Å²) >= 11 is 0. The molecule has 2 aliphatic rings. The molecule has 0 radical (unpaired) electrons. The first-order chi connectivity index (χ1) is 6.10. The van der Waals surface area contributed by atoms with Crippen LogP contribution in [0.25, 0.3) is 0 Å². The number of fused-ring (bicyclic) bond motifs is 1. The Kier molecular flexibility index (Phi) is 2.02. The second-order valence-electron chi connectivity index (χ2n) is 3.68. The lowest BCUT2D eigenvalue weighted by Gasteiger charge is -2.47. The summed E-state index contributed by atoms with van der Waals surface area (Å²) in [5.74, 6) is -1.13. The van der Waals surface area contributed by atoms with Crippen LogP contribution in [0.1, 0.15) is 26.2 Å². The molecule has 0 bridgehead atoms. The van der Waals surface area contributed by atoms with Gasteiger partial charge in [0.25, 0.3) is 0 Å². The molecule has 2 N–H and O–H groups in total. The summed E-state index contributed by atoms with van der Waals surface area (Å²) in [4.78, 5) is 20.1. The Balaban J connectivity index is 1.89. The van der Waals surface area contributed by atoms with Crippen molar-refractivity contribution in [3.05, 3.63) is 0 Å². The van der Waals surface area contributed by atoms with Gasteiger partial charge in [-0.1, -0.05) is 0 Å². The molecule has 1 aliphatic carbocycles. The van der Waals surface area contributed by atoms with Gasteiger partial charge in [-0.3, -0.25) is 4.79 Å². The monoisotopic (exact) mass is 187 g/mol. The highest BCUT2D eigenvalue weighted by atomic mass is 17.3. The topological polar surface area (TPSA) is 67.8 Å². The predicted octanol–water partition coefficient (Wildman–Crippen LogP) is -0.306. The van der Waals surface area contributed by atoms with Gasteiger partial charge in [-0.05, 0) is 6.42 Å². The first-order valence-electron chi connectivity index (χ1n) is 4.44. The predicted molar refractivity (Wildman–Crippen MR) is 42.4 cm³/mol. The lowest BCUT2D eigenvalue weighted by Crippen LogP contribution is -2.62. The number of rotatable bonds is 1. The van der Waals surface area contributed by atoms with Crippen molar-refractivity contribution < 1.29 is 19.7 Å². The van der Waals surface area contributed by atoms with E-state index in [1.807, 2.05) is 0 Å². The van der Waals surface area contributed by atoms with Crippen molar-refractivity contribution in [3.8, 4) is 0 Å². The Morgan fingerprint density at radius 3 is 2.92 bits per heavy atom. The van der Waals surface area contributed by atoms with Crippen LogP contribution >= 0.6 is 0 Å². The Morgan fingerprint density at radius 1 is 1.69 bits per heavy atom. The standard InChI is InChI=1S/C8H13NO4/c1-5(10)9-6-2-3-8(11)7(4-6)12-13-8/h6-7,11H,2-4H2,1H3,(H,9,10). The summed E-state index contributed by atoms with van der Waals surface area (Å²) in [5, 5.41) is 12.4. The second kappa shape index (κ2) is 2.94. The van der Waals surface area contributed by atoms with Gasteiger partial charge in [0.05, 0.1) is 0 Å². The van der Waals surface area contributed by atoms with Gasteiger partial charge in [0.15, 0.2) is 6.10 Å². The zero-order valence-corrected chi connectivity index (χ0v) is 7.45. The smallest absolute Gasteiger partial charge is 0.229 e. The SMILES string of the molecule is CC(=O)NC1CCC2(O)OOC2C1. The summed E-state index contributed by atoms with van der Waals surface area (Å²) in [5.41, 5.74) is 0. The molecular formula is C8H13NO4. The van der Waals surface area contributed by atoms with Crippen LogP contribution in [-0.4, -0.2) is 28.9 Å². The maximum atomic E-state index is 10.8. The largest absolute Gasteiger partial charge is 0.361 e. The van der Waals surface area contributed by atoms with Crippen LogP contribution in [-0.2, 0) is 14.6 Å². The Bertz CT molecular complexity index is 232. The van der Waals surface area contributed by atoms with Crippen molar-refractivity contribution in [2.45, 2.75) is 44.1 Å².